The van der Waals surface area contributed by atoms with Crippen molar-refractivity contribution in [3.05, 3.63) is 69.8 Å². The maximum absolute atomic E-state index is 13.3. The van der Waals surface area contributed by atoms with E-state index in [1.807, 2.05) is 16.8 Å². The molecule has 0 fully saturated rings. The van der Waals surface area contributed by atoms with Crippen molar-refractivity contribution in [3.63, 3.8) is 0 Å². The minimum Gasteiger partial charge on any atom is -0.495 e. The van der Waals surface area contributed by atoms with E-state index in [0.29, 0.717) is 10.8 Å². The lowest BCUT2D eigenvalue weighted by atomic mass is 10.3. The molecule has 0 N–H and O–H groups in total. The molecule has 2 aromatic heterocycles. The average Bonchev–Trinajstić information content (AvgIpc) is 3.28. The fraction of sp³-hybridized carbons (Fsp3) is 0.176. The van der Waals surface area contributed by atoms with E-state index in [-0.39, 0.29) is 23.7 Å². The Hall–Kier alpha value is -1.80. The molecule has 0 saturated carbocycles. The van der Waals surface area contributed by atoms with Crippen molar-refractivity contribution < 1.29 is 17.6 Å². The van der Waals surface area contributed by atoms with Crippen LogP contribution in [0.15, 0.2) is 62.7 Å². The number of methoxy groups -OCH3 is 1. The van der Waals surface area contributed by atoms with E-state index in [1.165, 1.54) is 35.1 Å². The van der Waals surface area contributed by atoms with Gasteiger partial charge in [0.05, 0.1) is 19.9 Å². The summed E-state index contributed by atoms with van der Waals surface area (Å²) in [5.74, 6) is 0.805. The molecule has 1 aromatic carbocycles. The minimum absolute atomic E-state index is 0.0317. The number of nitrogens with zero attached hydrogens (tertiary/aromatic N) is 1. The van der Waals surface area contributed by atoms with Gasteiger partial charge in [-0.1, -0.05) is 11.6 Å². The Labute approximate surface area is 155 Å². The molecule has 0 saturated heterocycles. The number of rotatable bonds is 7. The Kier molecular flexibility index (Phi) is 5.48. The van der Waals surface area contributed by atoms with Gasteiger partial charge in [-0.3, -0.25) is 0 Å². The molecular weight excluding hydrogens is 382 g/mol. The van der Waals surface area contributed by atoms with E-state index in [0.717, 1.165) is 5.56 Å². The molecule has 8 heteroatoms. The Bertz CT molecular complexity index is 885. The second-order valence-corrected chi connectivity index (χ2v) is 8.40. The van der Waals surface area contributed by atoms with Crippen LogP contribution in [0.2, 0.25) is 5.02 Å². The molecule has 0 aliphatic rings. The molecule has 0 radical (unpaired) electrons. The molecule has 2 heterocycles. The third kappa shape index (κ3) is 4.07. The first kappa shape index (κ1) is 18.0. The Morgan fingerprint density at radius 2 is 2.08 bits per heavy atom. The lowest BCUT2D eigenvalue weighted by Crippen LogP contribution is -2.30. The summed E-state index contributed by atoms with van der Waals surface area (Å²) in [5.41, 5.74) is 0.904. The highest BCUT2D eigenvalue weighted by Gasteiger charge is 2.29. The van der Waals surface area contributed by atoms with Crippen LogP contribution in [-0.4, -0.2) is 19.8 Å². The van der Waals surface area contributed by atoms with E-state index in [1.54, 1.807) is 24.3 Å². The quantitative estimate of drug-likeness (QED) is 0.593. The fourth-order valence-corrected chi connectivity index (χ4v) is 4.85. The van der Waals surface area contributed by atoms with Gasteiger partial charge in [-0.05, 0) is 52.7 Å². The van der Waals surface area contributed by atoms with Gasteiger partial charge < -0.3 is 9.15 Å². The van der Waals surface area contributed by atoms with Crippen molar-refractivity contribution >= 4 is 33.0 Å². The molecule has 0 aliphatic carbocycles. The van der Waals surface area contributed by atoms with Crippen molar-refractivity contribution in [2.24, 2.45) is 0 Å². The van der Waals surface area contributed by atoms with Gasteiger partial charge in [0.2, 0.25) is 10.0 Å². The number of furan rings is 1. The van der Waals surface area contributed by atoms with Crippen LogP contribution in [0, 0.1) is 0 Å². The van der Waals surface area contributed by atoms with Crippen molar-refractivity contribution in [2.75, 3.05) is 7.11 Å². The summed E-state index contributed by atoms with van der Waals surface area (Å²) in [6.07, 6.45) is 1.52. The molecule has 3 aromatic rings. The highest BCUT2D eigenvalue weighted by Crippen LogP contribution is 2.31. The van der Waals surface area contributed by atoms with Gasteiger partial charge in [-0.15, -0.1) is 0 Å². The van der Waals surface area contributed by atoms with E-state index in [4.69, 9.17) is 20.8 Å². The van der Waals surface area contributed by atoms with Crippen LogP contribution >= 0.6 is 22.9 Å². The number of thiophene rings is 1. The van der Waals surface area contributed by atoms with Crippen LogP contribution in [-0.2, 0) is 23.1 Å². The predicted octanol–water partition coefficient (Wildman–Crippen LogP) is 4.39. The lowest BCUT2D eigenvalue weighted by molar-refractivity contribution is 0.353. The Balaban J connectivity index is 2.02. The predicted molar refractivity (Wildman–Crippen MR) is 97.5 cm³/mol. The van der Waals surface area contributed by atoms with Gasteiger partial charge in [-0.2, -0.15) is 15.6 Å². The molecule has 3 rings (SSSR count). The normalized spacial score (nSPS) is 11.8. The monoisotopic (exact) mass is 397 g/mol. The highest BCUT2D eigenvalue weighted by atomic mass is 35.5. The van der Waals surface area contributed by atoms with E-state index in [9.17, 15) is 8.42 Å². The molecule has 0 amide bonds. The maximum Gasteiger partial charge on any atom is 0.247 e. The highest BCUT2D eigenvalue weighted by molar-refractivity contribution is 7.89. The molecule has 132 valence electrons. The summed E-state index contributed by atoms with van der Waals surface area (Å²) in [6, 6.07) is 9.90. The van der Waals surface area contributed by atoms with Crippen molar-refractivity contribution in [2.45, 2.75) is 18.0 Å². The molecule has 0 atom stereocenters. The van der Waals surface area contributed by atoms with Crippen molar-refractivity contribution in [3.8, 4) is 5.75 Å². The van der Waals surface area contributed by atoms with Crippen molar-refractivity contribution in [1.29, 1.82) is 0 Å². The molecule has 0 aliphatic heterocycles. The number of benzene rings is 1. The molecule has 0 spiro atoms. The summed E-state index contributed by atoms with van der Waals surface area (Å²) < 4.78 is 38.4. The number of halogens is 1. The van der Waals surface area contributed by atoms with Crippen LogP contribution in [0.25, 0.3) is 0 Å². The number of hydrogen-bond donors (Lipinski definition) is 0. The third-order valence-electron chi connectivity index (χ3n) is 3.59. The van der Waals surface area contributed by atoms with Gasteiger partial charge >= 0.3 is 0 Å². The van der Waals surface area contributed by atoms with Crippen LogP contribution in [0.1, 0.15) is 11.3 Å². The standard InChI is InChI=1S/C17H16ClNO4S2/c1-22-16-5-4-14(18)9-17(16)25(20,21)19(10-13-6-8-24-12-13)11-15-3-2-7-23-15/h2-9,12H,10-11H2,1H3. The maximum atomic E-state index is 13.3. The van der Waals surface area contributed by atoms with Crippen LogP contribution < -0.4 is 4.74 Å². The first-order valence-electron chi connectivity index (χ1n) is 7.38. The fourth-order valence-electron chi connectivity index (χ4n) is 2.38. The number of hydrogen-bond acceptors (Lipinski definition) is 5. The number of ether oxygens (including phenoxy) is 1. The van der Waals surface area contributed by atoms with E-state index < -0.39 is 10.0 Å². The lowest BCUT2D eigenvalue weighted by Gasteiger charge is -2.22. The first-order valence-corrected chi connectivity index (χ1v) is 10.1. The Morgan fingerprint density at radius 3 is 2.72 bits per heavy atom. The zero-order valence-electron chi connectivity index (χ0n) is 13.4. The van der Waals surface area contributed by atoms with Gasteiger partial charge in [0.25, 0.3) is 0 Å². The topological polar surface area (TPSA) is 59.8 Å². The zero-order valence-corrected chi connectivity index (χ0v) is 15.8. The third-order valence-corrected chi connectivity index (χ3v) is 6.37. The van der Waals surface area contributed by atoms with Crippen LogP contribution in [0.4, 0.5) is 0 Å². The minimum atomic E-state index is -3.85. The van der Waals surface area contributed by atoms with Gasteiger partial charge in [0.1, 0.15) is 16.4 Å². The summed E-state index contributed by atoms with van der Waals surface area (Å²) >= 11 is 7.53. The smallest absolute Gasteiger partial charge is 0.247 e. The molecule has 0 bridgehead atoms. The van der Waals surface area contributed by atoms with E-state index in [2.05, 4.69) is 0 Å². The number of sulfonamides is 1. The summed E-state index contributed by atoms with van der Waals surface area (Å²) in [5, 5.41) is 4.15. The second kappa shape index (κ2) is 7.61. The molecule has 5 nitrogen and oxygen atoms in total. The Morgan fingerprint density at radius 1 is 1.24 bits per heavy atom. The summed E-state index contributed by atoms with van der Waals surface area (Å²) in [7, 11) is -2.42. The summed E-state index contributed by atoms with van der Waals surface area (Å²) in [4.78, 5) is 0.0317. The first-order chi connectivity index (χ1) is 12.0. The second-order valence-electron chi connectivity index (χ2n) is 5.28. The van der Waals surface area contributed by atoms with Crippen LogP contribution in [0.3, 0.4) is 0 Å². The van der Waals surface area contributed by atoms with Crippen molar-refractivity contribution in [1.82, 2.24) is 4.31 Å². The summed E-state index contributed by atoms with van der Waals surface area (Å²) in [6.45, 7) is 0.336. The average molecular weight is 398 g/mol. The van der Waals surface area contributed by atoms with Gasteiger partial charge in [-0.25, -0.2) is 8.42 Å². The van der Waals surface area contributed by atoms with Gasteiger partial charge in [0.15, 0.2) is 0 Å². The van der Waals surface area contributed by atoms with E-state index >= 15 is 0 Å². The molecular formula is C17H16ClNO4S2. The molecule has 25 heavy (non-hydrogen) atoms. The van der Waals surface area contributed by atoms with Crippen LogP contribution in [0.5, 0.6) is 5.75 Å². The molecule has 0 unspecified atom stereocenters. The largest absolute Gasteiger partial charge is 0.495 e. The SMILES string of the molecule is COc1ccc(Cl)cc1S(=O)(=O)N(Cc1ccsc1)Cc1ccco1. The zero-order chi connectivity index (χ0) is 17.9. The van der Waals surface area contributed by atoms with Gasteiger partial charge in [0, 0.05) is 11.6 Å².